The van der Waals surface area contributed by atoms with Crippen LogP contribution in [0.5, 0.6) is 0 Å². The van der Waals surface area contributed by atoms with Crippen molar-refractivity contribution >= 4 is 45.3 Å². The first-order valence-electron chi connectivity index (χ1n) is 6.83. The Morgan fingerprint density at radius 2 is 2.11 bits per heavy atom. The number of fused-ring (bicyclic) bond motifs is 4. The molecule has 1 saturated heterocycles. The van der Waals surface area contributed by atoms with Gasteiger partial charge in [0.15, 0.2) is 0 Å². The fraction of sp³-hybridized carbons (Fsp3) is 0.467. The molecule has 2 aliphatic rings. The summed E-state index contributed by atoms with van der Waals surface area (Å²) in [6.45, 7) is 1.08. The number of benzene rings is 1. The zero-order valence-electron chi connectivity index (χ0n) is 10.7. The fourth-order valence-corrected chi connectivity index (χ4v) is 5.04. The van der Waals surface area contributed by atoms with Crippen LogP contribution in [0.2, 0.25) is 0 Å². The first-order valence-corrected chi connectivity index (χ1v) is 9.06. The van der Waals surface area contributed by atoms with Crippen molar-refractivity contribution < 1.29 is 4.42 Å². The molecule has 1 aromatic heterocycles. The predicted octanol–water partition coefficient (Wildman–Crippen LogP) is 3.91. The number of halogens is 1. The highest BCUT2D eigenvalue weighted by atomic mass is 127. The zero-order valence-corrected chi connectivity index (χ0v) is 13.6. The average molecular weight is 385 g/mol. The van der Waals surface area contributed by atoms with Crippen LogP contribution < -0.4 is 5.32 Å². The lowest BCUT2D eigenvalue weighted by atomic mass is 9.83. The van der Waals surface area contributed by atoms with E-state index in [-0.39, 0.29) is 5.54 Å². The first-order chi connectivity index (χ1) is 9.28. The third-order valence-electron chi connectivity index (χ3n) is 4.37. The summed E-state index contributed by atoms with van der Waals surface area (Å²) in [4.78, 5) is 0. The minimum Gasteiger partial charge on any atom is -0.459 e. The van der Waals surface area contributed by atoms with E-state index in [4.69, 9.17) is 4.42 Å². The molecular formula is C15H16INOS. The van der Waals surface area contributed by atoms with Gasteiger partial charge in [-0.2, -0.15) is 11.8 Å². The molecule has 2 nitrogen and oxygen atoms in total. The number of furan rings is 1. The predicted molar refractivity (Wildman–Crippen MR) is 88.9 cm³/mol. The minimum atomic E-state index is 0.114. The average Bonchev–Trinajstić information content (AvgIpc) is 2.79. The molecule has 4 rings (SSSR count). The van der Waals surface area contributed by atoms with Crippen molar-refractivity contribution in [3.63, 3.8) is 0 Å². The van der Waals surface area contributed by atoms with Crippen molar-refractivity contribution in [2.24, 2.45) is 0 Å². The Hall–Kier alpha value is -0.200. The Labute approximate surface area is 130 Å². The summed E-state index contributed by atoms with van der Waals surface area (Å²) in [6, 6.07) is 6.58. The normalized spacial score (nSPS) is 21.7. The largest absolute Gasteiger partial charge is 0.459 e. The Kier molecular flexibility index (Phi) is 3.08. The molecule has 1 fully saturated rings. The van der Waals surface area contributed by atoms with E-state index >= 15 is 0 Å². The smallest absolute Gasteiger partial charge is 0.135 e. The van der Waals surface area contributed by atoms with Crippen LogP contribution in [0.15, 0.2) is 22.6 Å². The van der Waals surface area contributed by atoms with Gasteiger partial charge in [-0.25, -0.2) is 0 Å². The molecular weight excluding hydrogens is 369 g/mol. The molecule has 19 heavy (non-hydrogen) atoms. The quantitative estimate of drug-likeness (QED) is 0.697. The Balaban J connectivity index is 1.92. The second-order valence-corrected chi connectivity index (χ2v) is 7.89. The lowest BCUT2D eigenvalue weighted by Crippen LogP contribution is -2.49. The SMILES string of the molecule is Ic1ccc2c3c(oc2c1)C1(CCSCC1)NCC3. The van der Waals surface area contributed by atoms with E-state index in [0.717, 1.165) is 18.5 Å². The summed E-state index contributed by atoms with van der Waals surface area (Å²) in [5.41, 5.74) is 2.64. The van der Waals surface area contributed by atoms with Gasteiger partial charge in [-0.15, -0.1) is 0 Å². The summed E-state index contributed by atoms with van der Waals surface area (Å²) in [7, 11) is 0. The molecule has 0 atom stereocenters. The van der Waals surface area contributed by atoms with Crippen molar-refractivity contribution in [3.8, 4) is 0 Å². The molecule has 1 spiro atoms. The third kappa shape index (κ3) is 1.94. The van der Waals surface area contributed by atoms with Gasteiger partial charge in [-0.05, 0) is 71.6 Å². The Bertz CT molecular complexity index is 630. The third-order valence-corrected chi connectivity index (χ3v) is 6.03. The molecule has 3 heterocycles. The maximum absolute atomic E-state index is 6.29. The van der Waals surface area contributed by atoms with E-state index in [1.807, 2.05) is 0 Å². The molecule has 4 heteroatoms. The Morgan fingerprint density at radius 3 is 2.95 bits per heavy atom. The van der Waals surface area contributed by atoms with E-state index in [0.29, 0.717) is 0 Å². The highest BCUT2D eigenvalue weighted by Gasteiger charge is 2.41. The molecule has 0 unspecified atom stereocenters. The lowest BCUT2D eigenvalue weighted by Gasteiger charge is -2.39. The lowest BCUT2D eigenvalue weighted by molar-refractivity contribution is 0.240. The summed E-state index contributed by atoms with van der Waals surface area (Å²) in [5.74, 6) is 3.71. The number of hydrogen-bond acceptors (Lipinski definition) is 3. The van der Waals surface area contributed by atoms with Crippen molar-refractivity contribution in [1.29, 1.82) is 0 Å². The van der Waals surface area contributed by atoms with E-state index in [1.165, 1.54) is 44.6 Å². The fourth-order valence-electron chi connectivity index (χ4n) is 3.39. The van der Waals surface area contributed by atoms with Gasteiger partial charge < -0.3 is 9.73 Å². The van der Waals surface area contributed by atoms with Gasteiger partial charge in [0.05, 0.1) is 5.54 Å². The van der Waals surface area contributed by atoms with E-state index < -0.39 is 0 Å². The highest BCUT2D eigenvalue weighted by molar-refractivity contribution is 14.1. The first kappa shape index (κ1) is 12.5. The second kappa shape index (κ2) is 4.67. The van der Waals surface area contributed by atoms with Crippen LogP contribution in [0, 0.1) is 3.57 Å². The van der Waals surface area contributed by atoms with Crippen molar-refractivity contribution in [2.75, 3.05) is 18.1 Å². The highest BCUT2D eigenvalue weighted by Crippen LogP contribution is 2.43. The van der Waals surface area contributed by atoms with E-state index in [1.54, 1.807) is 0 Å². The number of nitrogens with one attached hydrogen (secondary N) is 1. The van der Waals surface area contributed by atoms with Gasteiger partial charge in [0.25, 0.3) is 0 Å². The van der Waals surface area contributed by atoms with Crippen molar-refractivity contribution in [2.45, 2.75) is 24.8 Å². The monoisotopic (exact) mass is 385 g/mol. The van der Waals surface area contributed by atoms with Gasteiger partial charge >= 0.3 is 0 Å². The molecule has 2 aliphatic heterocycles. The van der Waals surface area contributed by atoms with Crippen LogP contribution >= 0.6 is 34.4 Å². The minimum absolute atomic E-state index is 0.114. The number of thioether (sulfide) groups is 1. The molecule has 0 bridgehead atoms. The van der Waals surface area contributed by atoms with Gasteiger partial charge in [-0.1, -0.05) is 0 Å². The van der Waals surface area contributed by atoms with Gasteiger partial charge in [-0.3, -0.25) is 0 Å². The molecule has 0 aliphatic carbocycles. The second-order valence-electron chi connectivity index (χ2n) is 5.42. The maximum atomic E-state index is 6.29. The van der Waals surface area contributed by atoms with Crippen molar-refractivity contribution in [1.82, 2.24) is 5.32 Å². The van der Waals surface area contributed by atoms with Gasteiger partial charge in [0.1, 0.15) is 11.3 Å². The van der Waals surface area contributed by atoms with E-state index in [2.05, 4.69) is 57.9 Å². The Morgan fingerprint density at radius 1 is 1.26 bits per heavy atom. The number of hydrogen-bond donors (Lipinski definition) is 1. The summed E-state index contributed by atoms with van der Waals surface area (Å²) < 4.78 is 7.54. The topological polar surface area (TPSA) is 25.2 Å². The molecule has 100 valence electrons. The van der Waals surface area contributed by atoms with Crippen LogP contribution in [-0.4, -0.2) is 18.1 Å². The van der Waals surface area contributed by atoms with Gasteiger partial charge in [0, 0.05) is 21.1 Å². The van der Waals surface area contributed by atoms with Crippen LogP contribution in [0.4, 0.5) is 0 Å². The van der Waals surface area contributed by atoms with Crippen LogP contribution in [0.25, 0.3) is 11.0 Å². The summed E-state index contributed by atoms with van der Waals surface area (Å²) in [6.07, 6.45) is 3.49. The van der Waals surface area contributed by atoms with Crippen LogP contribution in [0.1, 0.15) is 24.2 Å². The molecule has 0 amide bonds. The summed E-state index contributed by atoms with van der Waals surface area (Å²) >= 11 is 4.42. The maximum Gasteiger partial charge on any atom is 0.135 e. The van der Waals surface area contributed by atoms with Crippen LogP contribution in [0.3, 0.4) is 0 Å². The molecule has 0 radical (unpaired) electrons. The molecule has 1 aromatic carbocycles. The number of rotatable bonds is 0. The molecule has 2 aromatic rings. The zero-order chi connectivity index (χ0) is 12.9. The molecule has 0 saturated carbocycles. The standard InChI is InChI=1S/C15H16INOS/c16-10-1-2-11-12-3-6-17-15(4-7-19-8-5-15)14(12)18-13(11)9-10/h1-2,9,17H,3-8H2. The molecule has 1 N–H and O–H groups in total. The van der Waals surface area contributed by atoms with Crippen LogP contribution in [-0.2, 0) is 12.0 Å². The van der Waals surface area contributed by atoms with E-state index in [9.17, 15) is 0 Å². The van der Waals surface area contributed by atoms with Gasteiger partial charge in [0.2, 0.25) is 0 Å². The summed E-state index contributed by atoms with van der Waals surface area (Å²) in [5, 5.41) is 5.09. The van der Waals surface area contributed by atoms with Crippen molar-refractivity contribution in [3.05, 3.63) is 33.1 Å².